The van der Waals surface area contributed by atoms with Gasteiger partial charge in [0.1, 0.15) is 0 Å². The first-order chi connectivity index (χ1) is 10.4. The number of halogens is 1. The molecule has 0 saturated carbocycles. The number of H-pyrrole nitrogens is 1. The summed E-state index contributed by atoms with van der Waals surface area (Å²) < 4.78 is 25.3. The molecule has 0 spiro atoms. The minimum atomic E-state index is -4.31. The van der Waals surface area contributed by atoms with Gasteiger partial charge in [0.25, 0.3) is 15.6 Å². The molecule has 8 heteroatoms. The second-order valence-electron chi connectivity index (χ2n) is 4.50. The molecule has 0 bridgehead atoms. The Bertz CT molecular complexity index is 1080. The smallest absolute Gasteiger partial charge is 0.306 e. The fourth-order valence-electron chi connectivity index (χ4n) is 2.08. The lowest BCUT2D eigenvalue weighted by atomic mass is 10.2. The molecule has 6 nitrogen and oxygen atoms in total. The molecule has 0 aliphatic carbocycles. The fourth-order valence-corrected chi connectivity index (χ4v) is 3.47. The molecule has 1 aromatic heterocycles. The Balaban J connectivity index is 2.37. The molecule has 1 heterocycles. The average Bonchev–Trinajstić information content (AvgIpc) is 2.47. The number of para-hydroxylation sites is 1. The van der Waals surface area contributed by atoms with Crippen LogP contribution in [0.3, 0.4) is 0 Å². The quantitative estimate of drug-likeness (QED) is 0.769. The molecule has 0 fully saturated rings. The molecule has 0 aliphatic heterocycles. The largest absolute Gasteiger partial charge is 0.343 e. The van der Waals surface area contributed by atoms with E-state index in [0.29, 0.717) is 5.02 Å². The zero-order chi connectivity index (χ0) is 15.9. The highest BCUT2D eigenvalue weighted by Crippen LogP contribution is 2.15. The Labute approximate surface area is 129 Å². The summed E-state index contributed by atoms with van der Waals surface area (Å²) >= 11 is 5.72. The Morgan fingerprint density at radius 1 is 0.955 bits per heavy atom. The van der Waals surface area contributed by atoms with E-state index in [4.69, 9.17) is 11.6 Å². The van der Waals surface area contributed by atoms with Gasteiger partial charge in [0.05, 0.1) is 15.8 Å². The van der Waals surface area contributed by atoms with Gasteiger partial charge in [-0.2, -0.15) is 0 Å². The summed E-state index contributed by atoms with van der Waals surface area (Å²) in [6.45, 7) is 0. The first kappa shape index (κ1) is 14.6. The number of rotatable bonds is 2. The summed E-state index contributed by atoms with van der Waals surface area (Å²) in [5.41, 5.74) is -1.63. The summed E-state index contributed by atoms with van der Waals surface area (Å²) in [4.78, 5) is 26.6. The third kappa shape index (κ3) is 2.24. The standard InChI is InChI=1S/C14H9ClN2O4S/c15-9-5-7-10(8-6-9)22(20,21)17-13(18)11-3-1-2-4-12(11)16-14(17)19/h1-8H,(H,16,19). The van der Waals surface area contributed by atoms with Gasteiger partial charge >= 0.3 is 5.69 Å². The fraction of sp³-hybridized carbons (Fsp3) is 0. The zero-order valence-electron chi connectivity index (χ0n) is 11.0. The molecule has 112 valence electrons. The second kappa shape index (κ2) is 5.11. The lowest BCUT2D eigenvalue weighted by Crippen LogP contribution is -2.39. The Hall–Kier alpha value is -2.38. The van der Waals surface area contributed by atoms with Gasteiger partial charge in [0.15, 0.2) is 0 Å². The SMILES string of the molecule is O=c1[nH]c2ccccc2c(=O)n1S(=O)(=O)c1ccc(Cl)cc1. The number of hydrogen-bond donors (Lipinski definition) is 1. The Kier molecular flexibility index (Phi) is 3.38. The number of nitrogens with zero attached hydrogens (tertiary/aromatic N) is 1. The molecule has 0 atom stereocenters. The van der Waals surface area contributed by atoms with E-state index in [1.807, 2.05) is 0 Å². The first-order valence-electron chi connectivity index (χ1n) is 6.16. The molecule has 0 saturated heterocycles. The third-order valence-corrected chi connectivity index (χ3v) is 5.05. The lowest BCUT2D eigenvalue weighted by molar-refractivity contribution is 0.582. The molecular weight excluding hydrogens is 328 g/mol. The van der Waals surface area contributed by atoms with Crippen molar-refractivity contribution < 1.29 is 8.42 Å². The van der Waals surface area contributed by atoms with Gasteiger partial charge in [-0.3, -0.25) is 4.79 Å². The van der Waals surface area contributed by atoms with Gasteiger partial charge in [0, 0.05) is 5.02 Å². The topological polar surface area (TPSA) is 89.0 Å². The molecule has 3 aromatic rings. The third-order valence-electron chi connectivity index (χ3n) is 3.12. The summed E-state index contributed by atoms with van der Waals surface area (Å²) in [5, 5.41) is 0.457. The van der Waals surface area contributed by atoms with Crippen LogP contribution in [0.2, 0.25) is 5.02 Å². The van der Waals surface area contributed by atoms with E-state index in [1.165, 1.54) is 36.4 Å². The number of nitrogens with one attached hydrogen (secondary N) is 1. The van der Waals surface area contributed by atoms with Crippen LogP contribution < -0.4 is 11.2 Å². The summed E-state index contributed by atoms with van der Waals surface area (Å²) in [6.07, 6.45) is 0. The first-order valence-corrected chi connectivity index (χ1v) is 7.98. The normalized spacial score (nSPS) is 11.7. The van der Waals surface area contributed by atoms with Gasteiger partial charge in [-0.15, -0.1) is 3.97 Å². The summed E-state index contributed by atoms with van der Waals surface area (Å²) in [6, 6.07) is 11.4. The monoisotopic (exact) mass is 336 g/mol. The maximum absolute atomic E-state index is 12.5. The van der Waals surface area contributed by atoms with Crippen molar-refractivity contribution in [2.75, 3.05) is 0 Å². The number of benzene rings is 2. The predicted molar refractivity (Wildman–Crippen MR) is 82.9 cm³/mol. The van der Waals surface area contributed by atoms with E-state index in [-0.39, 0.29) is 19.8 Å². The van der Waals surface area contributed by atoms with Crippen molar-refractivity contribution in [1.82, 2.24) is 8.96 Å². The van der Waals surface area contributed by atoms with E-state index >= 15 is 0 Å². The lowest BCUT2D eigenvalue weighted by Gasteiger charge is -2.07. The van der Waals surface area contributed by atoms with Crippen LogP contribution in [0.4, 0.5) is 0 Å². The number of aromatic amines is 1. The Morgan fingerprint density at radius 3 is 2.27 bits per heavy atom. The van der Waals surface area contributed by atoms with Crippen LogP contribution in [0.1, 0.15) is 0 Å². The highest BCUT2D eigenvalue weighted by molar-refractivity contribution is 7.90. The van der Waals surface area contributed by atoms with Crippen molar-refractivity contribution in [3.63, 3.8) is 0 Å². The van der Waals surface area contributed by atoms with E-state index in [0.717, 1.165) is 0 Å². The van der Waals surface area contributed by atoms with E-state index in [9.17, 15) is 18.0 Å². The molecule has 0 amide bonds. The molecule has 22 heavy (non-hydrogen) atoms. The van der Waals surface area contributed by atoms with Crippen molar-refractivity contribution in [1.29, 1.82) is 0 Å². The molecule has 0 radical (unpaired) electrons. The van der Waals surface area contributed by atoms with Crippen molar-refractivity contribution in [2.24, 2.45) is 0 Å². The van der Waals surface area contributed by atoms with Crippen LogP contribution in [-0.2, 0) is 10.0 Å². The number of hydrogen-bond acceptors (Lipinski definition) is 4. The van der Waals surface area contributed by atoms with Crippen LogP contribution in [0.15, 0.2) is 63.0 Å². The van der Waals surface area contributed by atoms with Crippen LogP contribution in [-0.4, -0.2) is 17.4 Å². The maximum atomic E-state index is 12.5. The Morgan fingerprint density at radius 2 is 1.59 bits per heavy atom. The highest BCUT2D eigenvalue weighted by atomic mass is 35.5. The number of aromatic nitrogens is 2. The van der Waals surface area contributed by atoms with Gasteiger partial charge in [0.2, 0.25) is 0 Å². The van der Waals surface area contributed by atoms with Crippen molar-refractivity contribution in [3.8, 4) is 0 Å². The summed E-state index contributed by atoms with van der Waals surface area (Å²) in [7, 11) is -4.31. The molecule has 3 rings (SSSR count). The molecule has 0 aliphatic rings. The predicted octanol–water partition coefficient (Wildman–Crippen LogP) is 1.58. The molecular formula is C14H9ClN2O4S. The van der Waals surface area contributed by atoms with Crippen molar-refractivity contribution >= 4 is 32.5 Å². The van der Waals surface area contributed by atoms with Gasteiger partial charge in [-0.25, -0.2) is 13.2 Å². The minimum absolute atomic E-state index is 0.111. The minimum Gasteiger partial charge on any atom is -0.306 e. The zero-order valence-corrected chi connectivity index (χ0v) is 12.6. The van der Waals surface area contributed by atoms with Crippen molar-refractivity contribution in [3.05, 3.63) is 74.4 Å². The van der Waals surface area contributed by atoms with Crippen LogP contribution in [0, 0.1) is 0 Å². The van der Waals surface area contributed by atoms with E-state index in [1.54, 1.807) is 12.1 Å². The van der Waals surface area contributed by atoms with Gasteiger partial charge in [-0.1, -0.05) is 23.7 Å². The molecule has 1 N–H and O–H groups in total. The second-order valence-corrected chi connectivity index (χ2v) is 6.73. The van der Waals surface area contributed by atoms with Gasteiger partial charge < -0.3 is 4.98 Å². The number of fused-ring (bicyclic) bond motifs is 1. The average molecular weight is 337 g/mol. The summed E-state index contributed by atoms with van der Waals surface area (Å²) in [5.74, 6) is 0. The molecule has 2 aromatic carbocycles. The van der Waals surface area contributed by atoms with Crippen LogP contribution in [0.25, 0.3) is 10.9 Å². The maximum Gasteiger partial charge on any atom is 0.343 e. The van der Waals surface area contributed by atoms with Crippen LogP contribution in [0.5, 0.6) is 0 Å². The van der Waals surface area contributed by atoms with Gasteiger partial charge in [-0.05, 0) is 36.4 Å². The van der Waals surface area contributed by atoms with Crippen LogP contribution >= 0.6 is 11.6 Å². The molecule has 0 unspecified atom stereocenters. The van der Waals surface area contributed by atoms with E-state index < -0.39 is 21.3 Å². The van der Waals surface area contributed by atoms with E-state index in [2.05, 4.69) is 4.98 Å². The highest BCUT2D eigenvalue weighted by Gasteiger charge is 2.22. The van der Waals surface area contributed by atoms with Crippen molar-refractivity contribution in [2.45, 2.75) is 4.90 Å².